The molecular weight excluding hydrogens is 439 g/mol. The highest BCUT2D eigenvalue weighted by Gasteiger charge is 2.26. The van der Waals surface area contributed by atoms with Crippen LogP contribution < -0.4 is 11.1 Å². The van der Waals surface area contributed by atoms with Crippen LogP contribution in [-0.4, -0.2) is 51.8 Å². The molecule has 1 amide bonds. The molecule has 0 aliphatic carbocycles. The van der Waals surface area contributed by atoms with E-state index in [1.807, 2.05) is 42.5 Å². The first-order chi connectivity index (χ1) is 14.2. The van der Waals surface area contributed by atoms with E-state index in [9.17, 15) is 4.79 Å². The van der Waals surface area contributed by atoms with Gasteiger partial charge in [-0.2, -0.15) is 5.10 Å². The highest BCUT2D eigenvalue weighted by molar-refractivity contribution is 5.94. The zero-order chi connectivity index (χ0) is 20.1. The number of nitrogens with zero attached hydrogens (tertiary/aromatic N) is 3. The van der Waals surface area contributed by atoms with Crippen LogP contribution in [0.4, 0.5) is 5.69 Å². The number of H-pyrrole nitrogens is 1. The van der Waals surface area contributed by atoms with Gasteiger partial charge in [-0.05, 0) is 29.8 Å². The molecule has 166 valence electrons. The summed E-state index contributed by atoms with van der Waals surface area (Å²) in [6.45, 7) is 3.04. The molecular formula is C21H26Cl2N6O2. The zero-order valence-corrected chi connectivity index (χ0v) is 18.5. The summed E-state index contributed by atoms with van der Waals surface area (Å²) in [4.78, 5) is 19.2. The largest absolute Gasteiger partial charge is 0.366 e. The lowest BCUT2D eigenvalue weighted by Gasteiger charge is -2.32. The summed E-state index contributed by atoms with van der Waals surface area (Å²) in [5.74, 6) is 1.07. The molecule has 1 aromatic heterocycles. The van der Waals surface area contributed by atoms with Crippen LogP contribution in [0.5, 0.6) is 0 Å². The Morgan fingerprint density at radius 3 is 2.58 bits per heavy atom. The van der Waals surface area contributed by atoms with E-state index in [-0.39, 0.29) is 30.7 Å². The summed E-state index contributed by atoms with van der Waals surface area (Å²) in [6, 6.07) is 17.6. The van der Waals surface area contributed by atoms with Crippen molar-refractivity contribution < 1.29 is 9.53 Å². The minimum absolute atomic E-state index is 0. The third kappa shape index (κ3) is 6.49. The van der Waals surface area contributed by atoms with Crippen LogP contribution in [0.3, 0.4) is 0 Å². The van der Waals surface area contributed by atoms with Gasteiger partial charge in [0.1, 0.15) is 11.9 Å². The second-order valence-corrected chi connectivity index (χ2v) is 6.96. The minimum Gasteiger partial charge on any atom is -0.366 e. The predicted molar refractivity (Wildman–Crippen MR) is 124 cm³/mol. The number of aromatic nitrogens is 3. The number of anilines is 1. The number of amides is 1. The lowest BCUT2D eigenvalue weighted by atomic mass is 10.1. The monoisotopic (exact) mass is 464 g/mol. The van der Waals surface area contributed by atoms with Gasteiger partial charge in [-0.1, -0.05) is 30.3 Å². The predicted octanol–water partition coefficient (Wildman–Crippen LogP) is 2.61. The van der Waals surface area contributed by atoms with Crippen molar-refractivity contribution in [3.63, 3.8) is 0 Å². The van der Waals surface area contributed by atoms with Gasteiger partial charge in [-0.15, -0.1) is 24.8 Å². The normalized spacial score (nSPS) is 16.1. The van der Waals surface area contributed by atoms with Crippen LogP contribution in [0.1, 0.15) is 11.4 Å². The number of hydrogen-bond acceptors (Lipinski definition) is 6. The van der Waals surface area contributed by atoms with Gasteiger partial charge in [0.2, 0.25) is 0 Å². The topological polar surface area (TPSA) is 109 Å². The Balaban J connectivity index is 0.00000171. The summed E-state index contributed by atoms with van der Waals surface area (Å²) < 4.78 is 5.70. The molecule has 1 fully saturated rings. The molecule has 0 radical (unpaired) electrons. The van der Waals surface area contributed by atoms with Crippen molar-refractivity contribution in [2.45, 2.75) is 19.2 Å². The molecule has 0 saturated carbocycles. The fourth-order valence-corrected chi connectivity index (χ4v) is 3.29. The number of carbonyl (C=O) groups excluding carboxylic acids is 1. The molecule has 10 heteroatoms. The zero-order valence-electron chi connectivity index (χ0n) is 16.9. The summed E-state index contributed by atoms with van der Waals surface area (Å²) in [5, 5.41) is 9.86. The van der Waals surface area contributed by atoms with Gasteiger partial charge < -0.3 is 15.8 Å². The molecule has 1 saturated heterocycles. The average Bonchev–Trinajstić information content (AvgIpc) is 3.24. The molecule has 3 aromatic rings. The number of ether oxygens (including phenoxy) is 1. The van der Waals surface area contributed by atoms with Crippen LogP contribution in [-0.2, 0) is 22.6 Å². The van der Waals surface area contributed by atoms with E-state index in [1.165, 1.54) is 5.56 Å². The van der Waals surface area contributed by atoms with Crippen molar-refractivity contribution >= 4 is 36.4 Å². The smallest absolute Gasteiger partial charge is 0.254 e. The third-order valence-electron chi connectivity index (χ3n) is 4.83. The van der Waals surface area contributed by atoms with E-state index >= 15 is 0 Å². The summed E-state index contributed by atoms with van der Waals surface area (Å²) in [7, 11) is 0. The maximum absolute atomic E-state index is 12.7. The third-order valence-corrected chi connectivity index (χ3v) is 4.83. The number of nitrogens with two attached hydrogens (primary N) is 1. The summed E-state index contributed by atoms with van der Waals surface area (Å²) >= 11 is 0. The standard InChI is InChI=1S/C21H24N6O2.2ClH/c22-12-19-24-20(26-25-19)16-6-8-17(9-7-16)23-21(28)18-14-27(10-11-29-18)13-15-4-2-1-3-5-15;;/h1-9,18H,10-14,22H2,(H,23,28)(H,24,25,26);2*1H. The van der Waals surface area contributed by atoms with E-state index < -0.39 is 6.10 Å². The van der Waals surface area contributed by atoms with Gasteiger partial charge in [-0.3, -0.25) is 14.8 Å². The van der Waals surface area contributed by atoms with E-state index in [0.29, 0.717) is 37.0 Å². The molecule has 1 aliphatic rings. The molecule has 2 aromatic carbocycles. The Bertz CT molecular complexity index is 952. The van der Waals surface area contributed by atoms with Crippen molar-refractivity contribution in [1.29, 1.82) is 0 Å². The lowest BCUT2D eigenvalue weighted by Crippen LogP contribution is -2.47. The number of rotatable bonds is 6. The average molecular weight is 465 g/mol. The molecule has 2 heterocycles. The first-order valence-corrected chi connectivity index (χ1v) is 9.62. The Morgan fingerprint density at radius 1 is 1.16 bits per heavy atom. The van der Waals surface area contributed by atoms with Crippen molar-refractivity contribution in [2.75, 3.05) is 25.0 Å². The molecule has 4 rings (SSSR count). The first kappa shape index (κ1) is 24.8. The number of hydrogen-bond donors (Lipinski definition) is 3. The number of morpholine rings is 1. The van der Waals surface area contributed by atoms with Gasteiger partial charge >= 0.3 is 0 Å². The fourth-order valence-electron chi connectivity index (χ4n) is 3.29. The second-order valence-electron chi connectivity index (χ2n) is 6.96. The van der Waals surface area contributed by atoms with E-state index in [4.69, 9.17) is 10.5 Å². The van der Waals surface area contributed by atoms with Crippen molar-refractivity contribution in [2.24, 2.45) is 5.73 Å². The molecule has 1 aliphatic heterocycles. The number of carbonyl (C=O) groups is 1. The van der Waals surface area contributed by atoms with Gasteiger partial charge in [0.05, 0.1) is 13.2 Å². The van der Waals surface area contributed by atoms with E-state index in [1.54, 1.807) is 0 Å². The minimum atomic E-state index is -0.493. The van der Waals surface area contributed by atoms with Crippen molar-refractivity contribution in [1.82, 2.24) is 20.1 Å². The molecule has 0 bridgehead atoms. The Hall–Kier alpha value is -2.49. The van der Waals surface area contributed by atoms with Gasteiger partial charge in [0.15, 0.2) is 5.82 Å². The number of aromatic amines is 1. The molecule has 8 nitrogen and oxygen atoms in total. The SMILES string of the molecule is Cl.Cl.NCc1nc(-c2ccc(NC(=O)C3CN(Cc4ccccc4)CCO3)cc2)n[nH]1. The highest BCUT2D eigenvalue weighted by atomic mass is 35.5. The maximum atomic E-state index is 12.7. The van der Waals surface area contributed by atoms with Crippen LogP contribution in [0.2, 0.25) is 0 Å². The fraction of sp³-hybridized carbons (Fsp3) is 0.286. The Morgan fingerprint density at radius 2 is 1.90 bits per heavy atom. The van der Waals surface area contributed by atoms with Gasteiger partial charge in [0, 0.05) is 30.9 Å². The summed E-state index contributed by atoms with van der Waals surface area (Å²) in [6.07, 6.45) is -0.493. The molecule has 4 N–H and O–H groups in total. The molecule has 31 heavy (non-hydrogen) atoms. The number of nitrogens with one attached hydrogen (secondary N) is 2. The first-order valence-electron chi connectivity index (χ1n) is 9.62. The molecule has 1 atom stereocenters. The lowest BCUT2D eigenvalue weighted by molar-refractivity contribution is -0.133. The second kappa shape index (κ2) is 11.8. The van der Waals surface area contributed by atoms with Crippen LogP contribution in [0.25, 0.3) is 11.4 Å². The van der Waals surface area contributed by atoms with Crippen molar-refractivity contribution in [3.8, 4) is 11.4 Å². The number of halogens is 2. The maximum Gasteiger partial charge on any atom is 0.254 e. The van der Waals surface area contributed by atoms with E-state index in [0.717, 1.165) is 18.7 Å². The van der Waals surface area contributed by atoms with Gasteiger partial charge in [0.25, 0.3) is 5.91 Å². The summed E-state index contributed by atoms with van der Waals surface area (Å²) in [5.41, 5.74) is 8.33. The van der Waals surface area contributed by atoms with Gasteiger partial charge in [-0.25, -0.2) is 4.98 Å². The highest BCUT2D eigenvalue weighted by Crippen LogP contribution is 2.19. The van der Waals surface area contributed by atoms with Crippen molar-refractivity contribution in [3.05, 3.63) is 66.0 Å². The van der Waals surface area contributed by atoms with Crippen LogP contribution >= 0.6 is 24.8 Å². The van der Waals surface area contributed by atoms with Crippen LogP contribution in [0, 0.1) is 0 Å². The molecule has 0 spiro atoms. The Labute approximate surface area is 193 Å². The Kier molecular flexibility index (Phi) is 9.42. The number of benzene rings is 2. The van der Waals surface area contributed by atoms with E-state index in [2.05, 4.69) is 37.5 Å². The molecule has 1 unspecified atom stereocenters. The van der Waals surface area contributed by atoms with Crippen LogP contribution in [0.15, 0.2) is 54.6 Å². The quantitative estimate of drug-likeness (QED) is 0.517.